The van der Waals surface area contributed by atoms with Gasteiger partial charge >= 0.3 is 0 Å². The maximum atomic E-state index is 5.67. The highest BCUT2D eigenvalue weighted by atomic mass is 15.3. The molecule has 0 spiro atoms. The summed E-state index contributed by atoms with van der Waals surface area (Å²) in [5.74, 6) is 0.814. The first kappa shape index (κ1) is 13.0. The summed E-state index contributed by atoms with van der Waals surface area (Å²) < 4.78 is 0. The SMILES string of the molecule is NCCC1CCCN1c1ncc(-c2cccnc2)cn1. The third-order valence-corrected chi connectivity index (χ3v) is 3.77. The Labute approximate surface area is 118 Å². The first-order chi connectivity index (χ1) is 9.88. The number of nitrogens with zero attached hydrogens (tertiary/aromatic N) is 4. The van der Waals surface area contributed by atoms with Gasteiger partial charge in [0.15, 0.2) is 0 Å². The van der Waals surface area contributed by atoms with E-state index in [4.69, 9.17) is 5.73 Å². The predicted molar refractivity (Wildman–Crippen MR) is 79.3 cm³/mol. The molecule has 0 bridgehead atoms. The van der Waals surface area contributed by atoms with Gasteiger partial charge in [0.25, 0.3) is 0 Å². The van der Waals surface area contributed by atoms with E-state index in [0.29, 0.717) is 6.04 Å². The van der Waals surface area contributed by atoms with Crippen LogP contribution >= 0.6 is 0 Å². The minimum Gasteiger partial charge on any atom is -0.338 e. The Bertz CT molecular complexity index is 540. The van der Waals surface area contributed by atoms with Crippen LogP contribution in [0.3, 0.4) is 0 Å². The van der Waals surface area contributed by atoms with Crippen molar-refractivity contribution in [2.24, 2.45) is 5.73 Å². The molecule has 0 saturated carbocycles. The zero-order chi connectivity index (χ0) is 13.8. The second-order valence-corrected chi connectivity index (χ2v) is 5.08. The van der Waals surface area contributed by atoms with E-state index in [2.05, 4.69) is 19.9 Å². The lowest BCUT2D eigenvalue weighted by atomic mass is 10.1. The Morgan fingerprint density at radius 3 is 2.75 bits per heavy atom. The minimum atomic E-state index is 0.490. The summed E-state index contributed by atoms with van der Waals surface area (Å²) in [7, 11) is 0. The lowest BCUT2D eigenvalue weighted by Gasteiger charge is -2.24. The fraction of sp³-hybridized carbons (Fsp3) is 0.400. The monoisotopic (exact) mass is 269 g/mol. The fourth-order valence-electron chi connectivity index (χ4n) is 2.74. The van der Waals surface area contributed by atoms with E-state index in [1.165, 1.54) is 12.8 Å². The van der Waals surface area contributed by atoms with Crippen LogP contribution in [0.2, 0.25) is 0 Å². The van der Waals surface area contributed by atoms with Crippen molar-refractivity contribution in [3.8, 4) is 11.1 Å². The van der Waals surface area contributed by atoms with Crippen molar-refractivity contribution in [3.63, 3.8) is 0 Å². The summed E-state index contributed by atoms with van der Waals surface area (Å²) in [6.45, 7) is 1.74. The van der Waals surface area contributed by atoms with Gasteiger partial charge in [0.2, 0.25) is 5.95 Å². The van der Waals surface area contributed by atoms with Gasteiger partial charge in [-0.25, -0.2) is 9.97 Å². The van der Waals surface area contributed by atoms with E-state index >= 15 is 0 Å². The van der Waals surface area contributed by atoms with Crippen LogP contribution in [0.25, 0.3) is 11.1 Å². The Morgan fingerprint density at radius 2 is 2.05 bits per heavy atom. The van der Waals surface area contributed by atoms with E-state index < -0.39 is 0 Å². The molecule has 1 aliphatic rings. The van der Waals surface area contributed by atoms with Crippen LogP contribution < -0.4 is 10.6 Å². The highest BCUT2D eigenvalue weighted by Crippen LogP contribution is 2.25. The molecule has 1 aliphatic heterocycles. The van der Waals surface area contributed by atoms with Crippen molar-refractivity contribution < 1.29 is 0 Å². The lowest BCUT2D eigenvalue weighted by molar-refractivity contribution is 0.609. The van der Waals surface area contributed by atoms with Crippen LogP contribution in [0.15, 0.2) is 36.9 Å². The van der Waals surface area contributed by atoms with Crippen LogP contribution in [-0.4, -0.2) is 34.1 Å². The number of anilines is 1. The van der Waals surface area contributed by atoms with Gasteiger partial charge in [0.05, 0.1) is 0 Å². The summed E-state index contributed by atoms with van der Waals surface area (Å²) >= 11 is 0. The van der Waals surface area contributed by atoms with E-state index in [-0.39, 0.29) is 0 Å². The number of nitrogens with two attached hydrogens (primary N) is 1. The van der Waals surface area contributed by atoms with Gasteiger partial charge < -0.3 is 10.6 Å². The summed E-state index contributed by atoms with van der Waals surface area (Å²) in [5.41, 5.74) is 7.71. The molecule has 3 rings (SSSR count). The van der Waals surface area contributed by atoms with Crippen LogP contribution in [0, 0.1) is 0 Å². The van der Waals surface area contributed by atoms with Gasteiger partial charge in [-0.3, -0.25) is 4.98 Å². The zero-order valence-electron chi connectivity index (χ0n) is 11.4. The number of aromatic nitrogens is 3. The smallest absolute Gasteiger partial charge is 0.225 e. The molecule has 3 heterocycles. The molecule has 5 heteroatoms. The molecule has 0 aliphatic carbocycles. The first-order valence-corrected chi connectivity index (χ1v) is 7.07. The Balaban J connectivity index is 1.79. The molecular formula is C15H19N5. The van der Waals surface area contributed by atoms with Gasteiger partial charge in [-0.05, 0) is 31.9 Å². The average molecular weight is 269 g/mol. The third kappa shape index (κ3) is 2.63. The Morgan fingerprint density at radius 1 is 1.20 bits per heavy atom. The van der Waals surface area contributed by atoms with Gasteiger partial charge in [-0.1, -0.05) is 6.07 Å². The van der Waals surface area contributed by atoms with E-state index in [0.717, 1.165) is 36.6 Å². The van der Waals surface area contributed by atoms with Crippen LogP contribution in [0.1, 0.15) is 19.3 Å². The Hall–Kier alpha value is -2.01. The van der Waals surface area contributed by atoms with Crippen molar-refractivity contribution in [1.82, 2.24) is 15.0 Å². The lowest BCUT2D eigenvalue weighted by Crippen LogP contribution is -2.32. The Kier molecular flexibility index (Phi) is 3.87. The maximum absolute atomic E-state index is 5.67. The standard InChI is InChI=1S/C15H19N5/c16-6-5-14-4-2-8-20(14)15-18-10-13(11-19-15)12-3-1-7-17-9-12/h1,3,7,9-11,14H,2,4-6,8,16H2. The largest absolute Gasteiger partial charge is 0.338 e. The molecule has 0 radical (unpaired) electrons. The first-order valence-electron chi connectivity index (χ1n) is 7.07. The maximum Gasteiger partial charge on any atom is 0.225 e. The van der Waals surface area contributed by atoms with Crippen molar-refractivity contribution in [2.45, 2.75) is 25.3 Å². The number of pyridine rings is 1. The van der Waals surface area contributed by atoms with Crippen molar-refractivity contribution in [1.29, 1.82) is 0 Å². The van der Waals surface area contributed by atoms with Crippen molar-refractivity contribution in [3.05, 3.63) is 36.9 Å². The van der Waals surface area contributed by atoms with Crippen molar-refractivity contribution >= 4 is 5.95 Å². The molecule has 1 fully saturated rings. The van der Waals surface area contributed by atoms with E-state index in [1.54, 1.807) is 6.20 Å². The van der Waals surface area contributed by atoms with Gasteiger partial charge in [0, 0.05) is 48.5 Å². The molecule has 5 nitrogen and oxygen atoms in total. The van der Waals surface area contributed by atoms with Crippen LogP contribution in [-0.2, 0) is 0 Å². The second kappa shape index (κ2) is 5.96. The van der Waals surface area contributed by atoms with Crippen molar-refractivity contribution in [2.75, 3.05) is 18.0 Å². The number of hydrogen-bond acceptors (Lipinski definition) is 5. The average Bonchev–Trinajstić information content (AvgIpc) is 2.97. The normalized spacial score (nSPS) is 18.4. The highest BCUT2D eigenvalue weighted by Gasteiger charge is 2.25. The molecule has 0 amide bonds. The van der Waals surface area contributed by atoms with Gasteiger partial charge in [-0.2, -0.15) is 0 Å². The third-order valence-electron chi connectivity index (χ3n) is 3.77. The number of rotatable bonds is 4. The van der Waals surface area contributed by atoms with E-state index in [1.807, 2.05) is 30.7 Å². The van der Waals surface area contributed by atoms with Crippen LogP contribution in [0.4, 0.5) is 5.95 Å². The quantitative estimate of drug-likeness (QED) is 0.917. The molecule has 1 unspecified atom stereocenters. The molecule has 20 heavy (non-hydrogen) atoms. The number of hydrogen-bond donors (Lipinski definition) is 1. The molecule has 2 N–H and O–H groups in total. The summed E-state index contributed by atoms with van der Waals surface area (Å²) in [5, 5.41) is 0. The van der Waals surface area contributed by atoms with Gasteiger partial charge in [0.1, 0.15) is 0 Å². The molecule has 1 saturated heterocycles. The van der Waals surface area contributed by atoms with Crippen LogP contribution in [0.5, 0.6) is 0 Å². The molecule has 0 aromatic carbocycles. The summed E-state index contributed by atoms with van der Waals surface area (Å²) in [4.78, 5) is 15.4. The summed E-state index contributed by atoms with van der Waals surface area (Å²) in [6.07, 6.45) is 10.7. The fourth-order valence-corrected chi connectivity index (χ4v) is 2.74. The molecule has 2 aromatic rings. The predicted octanol–water partition coefficient (Wildman–Crippen LogP) is 1.86. The molecular weight excluding hydrogens is 250 g/mol. The topological polar surface area (TPSA) is 67.9 Å². The highest BCUT2D eigenvalue weighted by molar-refractivity contribution is 5.60. The molecule has 1 atom stereocenters. The second-order valence-electron chi connectivity index (χ2n) is 5.08. The minimum absolute atomic E-state index is 0.490. The zero-order valence-corrected chi connectivity index (χ0v) is 11.4. The van der Waals surface area contributed by atoms with E-state index in [9.17, 15) is 0 Å². The molecule has 2 aromatic heterocycles. The van der Waals surface area contributed by atoms with Gasteiger partial charge in [-0.15, -0.1) is 0 Å². The summed E-state index contributed by atoms with van der Waals surface area (Å²) in [6, 6.07) is 4.42. The molecule has 104 valence electrons.